The lowest BCUT2D eigenvalue weighted by Crippen LogP contribution is -2.36. The van der Waals surface area contributed by atoms with E-state index >= 15 is 0 Å². The standard InChI is InChI=1S/C22H31N7O4S/c1-15-24-21-23-9-3-2-5-16-6-4-10-29(14-16)19-13-17(28-34(32,33)12-11-30)7-8-18(19)20(31)26-22(25-15)27-21/h7-8,13,16,28,30H,2-6,9-12,14H2,1H3,(H2,23,24,25,26,27,31). The highest BCUT2D eigenvalue weighted by Gasteiger charge is 2.25. The average Bonchev–Trinajstić information content (AvgIpc) is 2.78. The molecule has 1 aromatic carbocycles. The molecule has 0 radical (unpaired) electrons. The van der Waals surface area contributed by atoms with Gasteiger partial charge in [0, 0.05) is 19.6 Å². The molecule has 34 heavy (non-hydrogen) atoms. The van der Waals surface area contributed by atoms with Crippen molar-refractivity contribution >= 4 is 39.2 Å². The molecular formula is C22H31N7O4S. The van der Waals surface area contributed by atoms with Crippen LogP contribution in [0.3, 0.4) is 0 Å². The van der Waals surface area contributed by atoms with Gasteiger partial charge in [0.05, 0.1) is 29.3 Å². The Kier molecular flexibility index (Phi) is 7.47. The fourth-order valence-corrected chi connectivity index (χ4v) is 5.29. The molecule has 3 heterocycles. The number of carbonyl (C=O) groups is 1. The number of fused-ring (bicyclic) bond motifs is 6. The largest absolute Gasteiger partial charge is 0.395 e. The topological polar surface area (TPSA) is 149 Å². The van der Waals surface area contributed by atoms with Gasteiger partial charge in [-0.2, -0.15) is 15.0 Å². The van der Waals surface area contributed by atoms with Crippen LogP contribution in [0.15, 0.2) is 18.2 Å². The summed E-state index contributed by atoms with van der Waals surface area (Å²) in [6, 6.07) is 4.85. The van der Waals surface area contributed by atoms with Crippen LogP contribution >= 0.6 is 0 Å². The number of nitrogens with zero attached hydrogens (tertiary/aromatic N) is 4. The van der Waals surface area contributed by atoms with Crippen LogP contribution in [0.5, 0.6) is 0 Å². The number of piperidine rings is 1. The molecule has 1 saturated heterocycles. The fraction of sp³-hybridized carbons (Fsp3) is 0.545. The van der Waals surface area contributed by atoms with E-state index in [1.54, 1.807) is 25.1 Å². The number of aromatic nitrogens is 3. The van der Waals surface area contributed by atoms with E-state index in [-0.39, 0.29) is 11.9 Å². The molecule has 2 aromatic rings. The van der Waals surface area contributed by atoms with Crippen LogP contribution in [-0.2, 0) is 10.0 Å². The molecule has 4 bridgehead atoms. The maximum atomic E-state index is 13.3. The van der Waals surface area contributed by atoms with Gasteiger partial charge in [0.1, 0.15) is 5.82 Å². The Morgan fingerprint density at radius 1 is 1.15 bits per heavy atom. The summed E-state index contributed by atoms with van der Waals surface area (Å²) < 4.78 is 26.9. The van der Waals surface area contributed by atoms with Crippen molar-refractivity contribution in [1.29, 1.82) is 0 Å². The van der Waals surface area contributed by atoms with Crippen molar-refractivity contribution in [2.24, 2.45) is 5.92 Å². The Balaban J connectivity index is 1.71. The predicted molar refractivity (Wildman–Crippen MR) is 131 cm³/mol. The minimum atomic E-state index is -3.69. The number of amides is 1. The van der Waals surface area contributed by atoms with Crippen LogP contribution in [0.4, 0.5) is 23.3 Å². The lowest BCUT2D eigenvalue weighted by atomic mass is 9.92. The van der Waals surface area contributed by atoms with E-state index in [1.165, 1.54) is 0 Å². The third kappa shape index (κ3) is 6.11. The van der Waals surface area contributed by atoms with Crippen molar-refractivity contribution in [1.82, 2.24) is 15.0 Å². The van der Waals surface area contributed by atoms with E-state index in [2.05, 4.69) is 35.2 Å². The highest BCUT2D eigenvalue weighted by molar-refractivity contribution is 7.92. The van der Waals surface area contributed by atoms with Crippen LogP contribution in [-0.4, -0.2) is 66.4 Å². The van der Waals surface area contributed by atoms with Crippen LogP contribution in [0, 0.1) is 12.8 Å². The first-order valence-electron chi connectivity index (χ1n) is 11.6. The molecular weight excluding hydrogens is 458 g/mol. The number of carbonyl (C=O) groups excluding carboxylic acids is 1. The molecule has 4 N–H and O–H groups in total. The molecule has 2 aliphatic heterocycles. The van der Waals surface area contributed by atoms with Crippen molar-refractivity contribution in [2.45, 2.75) is 39.0 Å². The molecule has 4 rings (SSSR count). The molecule has 2 aliphatic rings. The molecule has 0 aliphatic carbocycles. The smallest absolute Gasteiger partial charge is 0.260 e. The minimum absolute atomic E-state index is 0.157. The monoisotopic (exact) mass is 489 g/mol. The van der Waals surface area contributed by atoms with Gasteiger partial charge in [-0.1, -0.05) is 6.42 Å². The number of hydrogen-bond donors (Lipinski definition) is 4. The van der Waals surface area contributed by atoms with Crippen LogP contribution < -0.4 is 20.3 Å². The summed E-state index contributed by atoms with van der Waals surface area (Å²) in [4.78, 5) is 28.3. The first kappa shape index (κ1) is 24.1. The normalized spacial score (nSPS) is 19.2. The van der Waals surface area contributed by atoms with Crippen LogP contribution in [0.25, 0.3) is 0 Å². The second-order valence-electron chi connectivity index (χ2n) is 8.74. The highest BCUT2D eigenvalue weighted by Crippen LogP contribution is 2.32. The SMILES string of the molecule is Cc1nc2nc(n1)NC(=O)c1ccc(NS(=O)(=O)CCO)cc1N1CCCC(CCCCN2)C1. The van der Waals surface area contributed by atoms with Gasteiger partial charge in [0.25, 0.3) is 5.91 Å². The molecule has 1 amide bonds. The van der Waals surface area contributed by atoms with Gasteiger partial charge in [0.2, 0.25) is 21.9 Å². The Hall–Kier alpha value is -2.99. The van der Waals surface area contributed by atoms with Gasteiger partial charge >= 0.3 is 0 Å². The summed E-state index contributed by atoms with van der Waals surface area (Å²) in [5, 5.41) is 15.0. The lowest BCUT2D eigenvalue weighted by Gasteiger charge is -2.35. The number of anilines is 4. The van der Waals surface area contributed by atoms with E-state index in [1.807, 2.05) is 0 Å². The molecule has 0 saturated carbocycles. The van der Waals surface area contributed by atoms with Crippen molar-refractivity contribution in [3.8, 4) is 0 Å². The van der Waals surface area contributed by atoms with Crippen LogP contribution in [0.2, 0.25) is 0 Å². The van der Waals surface area contributed by atoms with E-state index in [0.717, 1.165) is 51.7 Å². The second kappa shape index (κ2) is 10.5. The fourth-order valence-electron chi connectivity index (χ4n) is 4.46. The van der Waals surface area contributed by atoms with Crippen molar-refractivity contribution < 1.29 is 18.3 Å². The number of aryl methyl sites for hydroxylation is 1. The molecule has 1 fully saturated rings. The molecule has 11 nitrogen and oxygen atoms in total. The first-order valence-corrected chi connectivity index (χ1v) is 13.3. The van der Waals surface area contributed by atoms with Crippen molar-refractivity contribution in [3.05, 3.63) is 29.6 Å². The quantitative estimate of drug-likeness (QED) is 0.505. The number of rotatable bonds is 4. The Bertz CT molecular complexity index is 1140. The zero-order chi connectivity index (χ0) is 24.1. The summed E-state index contributed by atoms with van der Waals surface area (Å²) in [6.45, 7) is 3.58. The van der Waals surface area contributed by atoms with Gasteiger partial charge in [-0.3, -0.25) is 14.8 Å². The predicted octanol–water partition coefficient (Wildman–Crippen LogP) is 1.98. The molecule has 184 valence electrons. The molecule has 1 aromatic heterocycles. The summed E-state index contributed by atoms with van der Waals surface area (Å²) >= 11 is 0. The maximum Gasteiger partial charge on any atom is 0.260 e. The minimum Gasteiger partial charge on any atom is -0.395 e. The zero-order valence-corrected chi connectivity index (χ0v) is 20.1. The van der Waals surface area contributed by atoms with Gasteiger partial charge in [-0.25, -0.2) is 8.42 Å². The van der Waals surface area contributed by atoms with Gasteiger partial charge in [-0.05, 0) is 56.7 Å². The van der Waals surface area contributed by atoms with E-state index in [9.17, 15) is 13.2 Å². The molecule has 12 heteroatoms. The van der Waals surface area contributed by atoms with E-state index in [4.69, 9.17) is 5.11 Å². The first-order chi connectivity index (χ1) is 16.3. The maximum absolute atomic E-state index is 13.3. The lowest BCUT2D eigenvalue weighted by molar-refractivity contribution is 0.102. The third-order valence-corrected chi connectivity index (χ3v) is 7.30. The zero-order valence-electron chi connectivity index (χ0n) is 19.2. The van der Waals surface area contributed by atoms with Gasteiger partial charge in [-0.15, -0.1) is 0 Å². The highest BCUT2D eigenvalue weighted by atomic mass is 32.2. The number of aliphatic hydroxyl groups is 1. The Morgan fingerprint density at radius 3 is 2.76 bits per heavy atom. The Morgan fingerprint density at radius 2 is 1.94 bits per heavy atom. The summed E-state index contributed by atoms with van der Waals surface area (Å²) in [5.74, 6) is 0.787. The average molecular weight is 490 g/mol. The summed E-state index contributed by atoms with van der Waals surface area (Å²) in [7, 11) is -3.69. The summed E-state index contributed by atoms with van der Waals surface area (Å²) in [5.41, 5.74) is 1.42. The molecule has 1 atom stereocenters. The number of nitrogens with one attached hydrogen (secondary N) is 3. The van der Waals surface area contributed by atoms with E-state index in [0.29, 0.717) is 34.6 Å². The number of aliphatic hydroxyl groups excluding tert-OH is 1. The van der Waals surface area contributed by atoms with E-state index < -0.39 is 22.4 Å². The number of benzene rings is 1. The molecule has 0 spiro atoms. The van der Waals surface area contributed by atoms with Gasteiger partial charge < -0.3 is 15.3 Å². The van der Waals surface area contributed by atoms with Crippen molar-refractivity contribution in [3.63, 3.8) is 0 Å². The van der Waals surface area contributed by atoms with Crippen LogP contribution in [0.1, 0.15) is 48.3 Å². The Labute approximate surface area is 199 Å². The number of hydrogen-bond acceptors (Lipinski definition) is 9. The molecule has 1 unspecified atom stereocenters. The van der Waals surface area contributed by atoms with Crippen molar-refractivity contribution in [2.75, 3.05) is 52.2 Å². The second-order valence-corrected chi connectivity index (χ2v) is 10.6. The third-order valence-electron chi connectivity index (χ3n) is 6.03. The number of sulfonamides is 1. The summed E-state index contributed by atoms with van der Waals surface area (Å²) in [6.07, 6.45) is 5.24. The van der Waals surface area contributed by atoms with Gasteiger partial charge in [0.15, 0.2) is 0 Å².